The van der Waals surface area contributed by atoms with Crippen LogP contribution in [-0.2, 0) is 4.79 Å². The number of carbonyl (C=O) groups is 1. The van der Waals surface area contributed by atoms with Crippen molar-refractivity contribution < 1.29 is 4.79 Å². The van der Waals surface area contributed by atoms with Gasteiger partial charge in [0.2, 0.25) is 5.91 Å². The lowest BCUT2D eigenvalue weighted by Crippen LogP contribution is -2.37. The molecule has 0 saturated carbocycles. The van der Waals surface area contributed by atoms with Crippen molar-refractivity contribution in [3.05, 3.63) is 0 Å². The quantitative estimate of drug-likeness (QED) is 0.620. The van der Waals surface area contributed by atoms with Crippen LogP contribution in [0.15, 0.2) is 0 Å². The Bertz CT molecular complexity index is 156. The predicted molar refractivity (Wildman–Crippen MR) is 49.9 cm³/mol. The molecule has 12 heavy (non-hydrogen) atoms. The molecule has 1 fully saturated rings. The average Bonchev–Trinajstić information content (AvgIpc) is 2.28. The summed E-state index contributed by atoms with van der Waals surface area (Å²) in [5.74, 6) is 0.363. The van der Waals surface area contributed by atoms with Gasteiger partial charge in [0.05, 0.1) is 0 Å². The van der Waals surface area contributed by atoms with Gasteiger partial charge >= 0.3 is 0 Å². The van der Waals surface area contributed by atoms with Crippen molar-refractivity contribution in [2.75, 3.05) is 6.54 Å². The van der Waals surface area contributed by atoms with E-state index in [4.69, 9.17) is 0 Å². The highest BCUT2D eigenvalue weighted by Gasteiger charge is 2.19. The molecule has 0 aliphatic carbocycles. The van der Waals surface area contributed by atoms with Crippen molar-refractivity contribution in [2.45, 2.75) is 52.0 Å². The van der Waals surface area contributed by atoms with Gasteiger partial charge < -0.3 is 4.90 Å². The highest BCUT2D eigenvalue weighted by Crippen LogP contribution is 2.14. The van der Waals surface area contributed by atoms with Crippen molar-refractivity contribution in [1.29, 1.82) is 0 Å². The second-order valence-corrected chi connectivity index (χ2v) is 3.66. The van der Waals surface area contributed by atoms with E-state index in [2.05, 4.69) is 13.8 Å². The van der Waals surface area contributed by atoms with Gasteiger partial charge in [-0.25, -0.2) is 0 Å². The van der Waals surface area contributed by atoms with Gasteiger partial charge in [-0.1, -0.05) is 13.3 Å². The van der Waals surface area contributed by atoms with E-state index >= 15 is 0 Å². The van der Waals surface area contributed by atoms with Gasteiger partial charge in [0.1, 0.15) is 0 Å². The maximum atomic E-state index is 11.5. The number of nitrogens with zero attached hydrogens (tertiary/aromatic N) is 1. The van der Waals surface area contributed by atoms with Crippen LogP contribution in [0.3, 0.4) is 0 Å². The first-order valence-corrected chi connectivity index (χ1v) is 5.05. The topological polar surface area (TPSA) is 20.3 Å². The van der Waals surface area contributed by atoms with Gasteiger partial charge in [-0.05, 0) is 26.2 Å². The largest absolute Gasteiger partial charge is 0.340 e. The van der Waals surface area contributed by atoms with Crippen LogP contribution in [0.25, 0.3) is 0 Å². The molecule has 0 N–H and O–H groups in total. The van der Waals surface area contributed by atoms with Crippen LogP contribution in [0, 0.1) is 0 Å². The molecule has 2 nitrogen and oxygen atoms in total. The molecule has 1 aliphatic rings. The molecule has 0 radical (unpaired) electrons. The summed E-state index contributed by atoms with van der Waals surface area (Å²) in [6.07, 6.45) is 5.34. The molecule has 1 rings (SSSR count). The van der Waals surface area contributed by atoms with E-state index < -0.39 is 0 Å². The molecule has 0 aromatic carbocycles. The third-order valence-electron chi connectivity index (χ3n) is 2.73. The number of hydrogen-bond acceptors (Lipinski definition) is 1. The zero-order chi connectivity index (χ0) is 8.97. The van der Waals surface area contributed by atoms with Gasteiger partial charge in [0, 0.05) is 19.0 Å². The summed E-state index contributed by atoms with van der Waals surface area (Å²) < 4.78 is 0. The SMILES string of the molecule is CCC(C)N1CCCCCC1=O. The minimum absolute atomic E-state index is 0.363. The summed E-state index contributed by atoms with van der Waals surface area (Å²) >= 11 is 0. The molecule has 1 unspecified atom stereocenters. The third-order valence-corrected chi connectivity index (χ3v) is 2.73. The average molecular weight is 169 g/mol. The normalized spacial score (nSPS) is 22.2. The standard InChI is InChI=1S/C10H19NO/c1-3-9(2)11-8-6-4-5-7-10(11)12/h9H,3-8H2,1-2H3. The van der Waals surface area contributed by atoms with E-state index in [1.807, 2.05) is 4.90 Å². The minimum Gasteiger partial charge on any atom is -0.340 e. The summed E-state index contributed by atoms with van der Waals surface area (Å²) in [4.78, 5) is 13.6. The van der Waals surface area contributed by atoms with Gasteiger partial charge in [-0.2, -0.15) is 0 Å². The molecule has 0 spiro atoms. The Balaban J connectivity index is 2.52. The van der Waals surface area contributed by atoms with Gasteiger partial charge in [-0.3, -0.25) is 4.79 Å². The Morgan fingerprint density at radius 2 is 2.17 bits per heavy atom. The molecule has 70 valence electrons. The number of likely N-dealkylation sites (tertiary alicyclic amines) is 1. The lowest BCUT2D eigenvalue weighted by molar-refractivity contribution is -0.132. The smallest absolute Gasteiger partial charge is 0.222 e. The molecule has 1 atom stereocenters. The third kappa shape index (κ3) is 2.23. The van der Waals surface area contributed by atoms with E-state index in [0.717, 1.165) is 25.8 Å². The van der Waals surface area contributed by atoms with Crippen molar-refractivity contribution in [1.82, 2.24) is 4.90 Å². The Labute approximate surface area is 74.9 Å². The minimum atomic E-state index is 0.363. The molecule has 0 aromatic heterocycles. The summed E-state index contributed by atoms with van der Waals surface area (Å²) in [5, 5.41) is 0. The molecule has 1 aliphatic heterocycles. The highest BCUT2D eigenvalue weighted by molar-refractivity contribution is 5.76. The zero-order valence-electron chi connectivity index (χ0n) is 8.18. The molecule has 1 heterocycles. The van der Waals surface area contributed by atoms with Crippen molar-refractivity contribution in [3.8, 4) is 0 Å². The first-order chi connectivity index (χ1) is 5.75. The van der Waals surface area contributed by atoms with Crippen molar-refractivity contribution >= 4 is 5.91 Å². The summed E-state index contributed by atoms with van der Waals surface area (Å²) in [5.41, 5.74) is 0. The Hall–Kier alpha value is -0.530. The number of rotatable bonds is 2. The number of hydrogen-bond donors (Lipinski definition) is 0. The lowest BCUT2D eigenvalue weighted by atomic mass is 10.2. The van der Waals surface area contributed by atoms with E-state index in [1.165, 1.54) is 12.8 Å². The van der Waals surface area contributed by atoms with E-state index in [0.29, 0.717) is 11.9 Å². The first-order valence-electron chi connectivity index (χ1n) is 5.05. The Morgan fingerprint density at radius 1 is 1.42 bits per heavy atom. The fraction of sp³-hybridized carbons (Fsp3) is 0.900. The van der Waals surface area contributed by atoms with Crippen LogP contribution < -0.4 is 0 Å². The lowest BCUT2D eigenvalue weighted by Gasteiger charge is -2.26. The van der Waals surface area contributed by atoms with Gasteiger partial charge in [0.25, 0.3) is 0 Å². The maximum absolute atomic E-state index is 11.5. The van der Waals surface area contributed by atoms with Crippen LogP contribution in [0.1, 0.15) is 46.0 Å². The molecule has 1 amide bonds. The molecular formula is C10H19NO. The molecule has 0 bridgehead atoms. The van der Waals surface area contributed by atoms with Crippen LogP contribution in [0.4, 0.5) is 0 Å². The Morgan fingerprint density at radius 3 is 2.83 bits per heavy atom. The van der Waals surface area contributed by atoms with E-state index in [1.54, 1.807) is 0 Å². The number of amides is 1. The first kappa shape index (κ1) is 9.56. The highest BCUT2D eigenvalue weighted by atomic mass is 16.2. The van der Waals surface area contributed by atoms with Crippen molar-refractivity contribution in [3.63, 3.8) is 0 Å². The van der Waals surface area contributed by atoms with Crippen LogP contribution in [0.2, 0.25) is 0 Å². The second kappa shape index (κ2) is 4.48. The molecule has 2 heteroatoms. The summed E-state index contributed by atoms with van der Waals surface area (Å²) in [7, 11) is 0. The van der Waals surface area contributed by atoms with E-state index in [-0.39, 0.29) is 0 Å². The van der Waals surface area contributed by atoms with Crippen LogP contribution in [0.5, 0.6) is 0 Å². The number of carbonyl (C=O) groups excluding carboxylic acids is 1. The van der Waals surface area contributed by atoms with Gasteiger partial charge in [-0.15, -0.1) is 0 Å². The van der Waals surface area contributed by atoms with Crippen molar-refractivity contribution in [2.24, 2.45) is 0 Å². The fourth-order valence-electron chi connectivity index (χ4n) is 1.69. The van der Waals surface area contributed by atoms with Crippen LogP contribution >= 0.6 is 0 Å². The molecule has 0 aromatic rings. The molecule has 1 saturated heterocycles. The van der Waals surface area contributed by atoms with E-state index in [9.17, 15) is 4.79 Å². The fourth-order valence-corrected chi connectivity index (χ4v) is 1.69. The molecular weight excluding hydrogens is 150 g/mol. The predicted octanol–water partition coefficient (Wildman–Crippen LogP) is 2.19. The van der Waals surface area contributed by atoms with Crippen LogP contribution in [-0.4, -0.2) is 23.4 Å². The Kier molecular flexibility index (Phi) is 3.57. The summed E-state index contributed by atoms with van der Waals surface area (Å²) in [6, 6.07) is 0.440. The monoisotopic (exact) mass is 169 g/mol. The second-order valence-electron chi connectivity index (χ2n) is 3.66. The zero-order valence-corrected chi connectivity index (χ0v) is 8.18. The summed E-state index contributed by atoms with van der Waals surface area (Å²) in [6.45, 7) is 5.26. The maximum Gasteiger partial charge on any atom is 0.222 e. The van der Waals surface area contributed by atoms with Gasteiger partial charge in [0.15, 0.2) is 0 Å².